The molecule has 0 aliphatic carbocycles. The number of hydrogen-bond acceptors (Lipinski definition) is 4. The van der Waals surface area contributed by atoms with Gasteiger partial charge in [-0.3, -0.25) is 0 Å². The van der Waals surface area contributed by atoms with Gasteiger partial charge in [-0.15, -0.1) is 0 Å². The first-order valence-corrected chi connectivity index (χ1v) is 8.14. The zero-order valence-electron chi connectivity index (χ0n) is 13.7. The van der Waals surface area contributed by atoms with Gasteiger partial charge in [0.15, 0.2) is 11.5 Å². The van der Waals surface area contributed by atoms with Crippen molar-refractivity contribution in [3.05, 3.63) is 59.2 Å². The van der Waals surface area contributed by atoms with E-state index in [2.05, 4.69) is 16.7 Å². The Hall–Kier alpha value is -3.20. The zero-order valence-corrected chi connectivity index (χ0v) is 13.7. The van der Waals surface area contributed by atoms with Crippen LogP contribution in [0, 0.1) is 11.3 Å². The Kier molecular flexibility index (Phi) is 5.37. The van der Waals surface area contributed by atoms with Gasteiger partial charge in [0.05, 0.1) is 24.8 Å². The highest BCUT2D eigenvalue weighted by Crippen LogP contribution is 2.30. The second-order valence-corrected chi connectivity index (χ2v) is 5.68. The number of nitrogens with one attached hydrogen (secondary N) is 2. The Labute approximate surface area is 146 Å². The molecule has 128 valence electrons. The summed E-state index contributed by atoms with van der Waals surface area (Å²) in [6, 6.07) is 14.6. The third kappa shape index (κ3) is 4.64. The molecule has 6 heteroatoms. The van der Waals surface area contributed by atoms with Crippen LogP contribution in [0.25, 0.3) is 0 Å². The fraction of sp³-hybridized carbons (Fsp3) is 0.263. The third-order valence-electron chi connectivity index (χ3n) is 3.80. The minimum atomic E-state index is -0.253. The average molecular weight is 337 g/mol. The van der Waals surface area contributed by atoms with Crippen LogP contribution in [0.2, 0.25) is 0 Å². The number of carbonyl (C=O) groups is 1. The van der Waals surface area contributed by atoms with Crippen LogP contribution in [0.4, 0.5) is 4.79 Å². The minimum Gasteiger partial charge on any atom is -0.490 e. The molecule has 2 amide bonds. The Bertz CT molecular complexity index is 781. The lowest BCUT2D eigenvalue weighted by molar-refractivity contribution is 0.240. The molecule has 0 saturated heterocycles. The van der Waals surface area contributed by atoms with Crippen molar-refractivity contribution in [1.82, 2.24) is 10.6 Å². The summed E-state index contributed by atoms with van der Waals surface area (Å²) in [7, 11) is 0. The number of nitrogens with zero attached hydrogens (tertiary/aromatic N) is 1. The van der Waals surface area contributed by atoms with E-state index in [1.165, 1.54) is 0 Å². The number of benzene rings is 2. The molecular formula is C19H19N3O3. The van der Waals surface area contributed by atoms with Crippen molar-refractivity contribution >= 4 is 6.03 Å². The second kappa shape index (κ2) is 8.06. The van der Waals surface area contributed by atoms with E-state index >= 15 is 0 Å². The van der Waals surface area contributed by atoms with Crippen LogP contribution in [0.15, 0.2) is 42.5 Å². The summed E-state index contributed by atoms with van der Waals surface area (Å²) in [6.07, 6.45) is 0.861. The normalized spacial score (nSPS) is 12.6. The quantitative estimate of drug-likeness (QED) is 0.898. The number of rotatable bonds is 4. The first-order valence-electron chi connectivity index (χ1n) is 8.14. The summed E-state index contributed by atoms with van der Waals surface area (Å²) >= 11 is 0. The molecule has 0 saturated carbocycles. The Morgan fingerprint density at radius 3 is 2.32 bits per heavy atom. The number of hydrogen-bond donors (Lipinski definition) is 2. The van der Waals surface area contributed by atoms with Crippen LogP contribution in [-0.4, -0.2) is 19.2 Å². The monoisotopic (exact) mass is 337 g/mol. The lowest BCUT2D eigenvalue weighted by Gasteiger charge is -2.11. The molecule has 0 radical (unpaired) electrons. The Morgan fingerprint density at radius 1 is 0.960 bits per heavy atom. The first kappa shape index (κ1) is 16.7. The molecule has 6 nitrogen and oxygen atoms in total. The molecule has 0 fully saturated rings. The highest BCUT2D eigenvalue weighted by molar-refractivity contribution is 5.73. The zero-order chi connectivity index (χ0) is 17.5. The Balaban J connectivity index is 1.48. The molecule has 1 heterocycles. The summed E-state index contributed by atoms with van der Waals surface area (Å²) < 4.78 is 11.2. The van der Waals surface area contributed by atoms with Crippen molar-refractivity contribution in [2.75, 3.05) is 13.2 Å². The van der Waals surface area contributed by atoms with Gasteiger partial charge in [-0.2, -0.15) is 5.26 Å². The average Bonchev–Trinajstić information content (AvgIpc) is 2.90. The molecular weight excluding hydrogens is 318 g/mol. The van der Waals surface area contributed by atoms with E-state index in [0.29, 0.717) is 31.9 Å². The smallest absolute Gasteiger partial charge is 0.315 e. The highest BCUT2D eigenvalue weighted by Gasteiger charge is 2.11. The van der Waals surface area contributed by atoms with Gasteiger partial charge in [-0.1, -0.05) is 18.2 Å². The third-order valence-corrected chi connectivity index (χ3v) is 3.80. The predicted molar refractivity (Wildman–Crippen MR) is 92.3 cm³/mol. The lowest BCUT2D eigenvalue weighted by Crippen LogP contribution is -2.34. The number of amides is 2. The van der Waals surface area contributed by atoms with Crippen LogP contribution in [-0.2, 0) is 13.1 Å². The fourth-order valence-electron chi connectivity index (χ4n) is 2.44. The van der Waals surface area contributed by atoms with Crippen molar-refractivity contribution in [3.63, 3.8) is 0 Å². The first-order chi connectivity index (χ1) is 12.2. The molecule has 2 N–H and O–H groups in total. The molecule has 2 aromatic carbocycles. The number of carbonyl (C=O) groups excluding carboxylic acids is 1. The van der Waals surface area contributed by atoms with Crippen molar-refractivity contribution in [2.45, 2.75) is 19.5 Å². The molecule has 0 aromatic heterocycles. The van der Waals surface area contributed by atoms with Gasteiger partial charge in [0.2, 0.25) is 0 Å². The molecule has 0 bridgehead atoms. The predicted octanol–water partition coefficient (Wildman–Crippen LogP) is 2.72. The highest BCUT2D eigenvalue weighted by atomic mass is 16.5. The van der Waals surface area contributed by atoms with Crippen LogP contribution in [0.3, 0.4) is 0 Å². The van der Waals surface area contributed by atoms with E-state index < -0.39 is 0 Å². The maximum atomic E-state index is 11.9. The number of nitriles is 1. The molecule has 3 rings (SSSR count). The van der Waals surface area contributed by atoms with E-state index in [9.17, 15) is 4.79 Å². The molecule has 1 aliphatic rings. The molecule has 2 aromatic rings. The van der Waals surface area contributed by atoms with E-state index in [0.717, 1.165) is 29.0 Å². The van der Waals surface area contributed by atoms with Crippen molar-refractivity contribution in [2.24, 2.45) is 0 Å². The SMILES string of the molecule is N#Cc1ccc(CNC(=O)NCc2ccc3c(c2)OCCCO3)cc1. The number of fused-ring (bicyclic) bond motifs is 1. The maximum absolute atomic E-state index is 11.9. The summed E-state index contributed by atoms with van der Waals surface area (Å²) in [6.45, 7) is 2.09. The molecule has 0 atom stereocenters. The van der Waals surface area contributed by atoms with Crippen LogP contribution in [0.5, 0.6) is 11.5 Å². The van der Waals surface area contributed by atoms with E-state index in [1.54, 1.807) is 12.1 Å². The fourth-order valence-corrected chi connectivity index (χ4v) is 2.44. The van der Waals surface area contributed by atoms with Crippen LogP contribution in [0.1, 0.15) is 23.1 Å². The van der Waals surface area contributed by atoms with Gasteiger partial charge in [-0.25, -0.2) is 4.79 Å². The number of urea groups is 1. The maximum Gasteiger partial charge on any atom is 0.315 e. The van der Waals surface area contributed by atoms with Gasteiger partial charge < -0.3 is 20.1 Å². The molecule has 25 heavy (non-hydrogen) atoms. The van der Waals surface area contributed by atoms with Gasteiger partial charge in [-0.05, 0) is 35.4 Å². The van der Waals surface area contributed by atoms with Crippen molar-refractivity contribution < 1.29 is 14.3 Å². The topological polar surface area (TPSA) is 83.4 Å². The van der Waals surface area contributed by atoms with Gasteiger partial charge >= 0.3 is 6.03 Å². The summed E-state index contributed by atoms with van der Waals surface area (Å²) in [5.74, 6) is 1.46. The largest absolute Gasteiger partial charge is 0.490 e. The Morgan fingerprint density at radius 2 is 1.60 bits per heavy atom. The summed E-state index contributed by atoms with van der Waals surface area (Å²) in [5.41, 5.74) is 2.48. The molecule has 0 unspecified atom stereocenters. The standard InChI is InChI=1S/C19H19N3O3/c20-11-14-2-4-15(5-3-14)12-21-19(23)22-13-16-6-7-17-18(10-16)25-9-1-8-24-17/h2-7,10H,1,8-9,12-13H2,(H2,21,22,23). The summed E-state index contributed by atoms with van der Waals surface area (Å²) in [4.78, 5) is 11.9. The van der Waals surface area contributed by atoms with Crippen LogP contribution < -0.4 is 20.1 Å². The van der Waals surface area contributed by atoms with Gasteiger partial charge in [0, 0.05) is 19.5 Å². The van der Waals surface area contributed by atoms with E-state index in [-0.39, 0.29) is 6.03 Å². The molecule has 0 spiro atoms. The molecule has 1 aliphatic heterocycles. The summed E-state index contributed by atoms with van der Waals surface area (Å²) in [5, 5.41) is 14.4. The number of ether oxygens (including phenoxy) is 2. The van der Waals surface area contributed by atoms with E-state index in [1.807, 2.05) is 30.3 Å². The van der Waals surface area contributed by atoms with Gasteiger partial charge in [0.1, 0.15) is 0 Å². The lowest BCUT2D eigenvalue weighted by atomic mass is 10.1. The van der Waals surface area contributed by atoms with Gasteiger partial charge in [0.25, 0.3) is 0 Å². The van der Waals surface area contributed by atoms with Crippen molar-refractivity contribution in [3.8, 4) is 17.6 Å². The van der Waals surface area contributed by atoms with E-state index in [4.69, 9.17) is 14.7 Å². The van der Waals surface area contributed by atoms with Crippen LogP contribution >= 0.6 is 0 Å². The minimum absolute atomic E-state index is 0.253. The van der Waals surface area contributed by atoms with Crippen molar-refractivity contribution in [1.29, 1.82) is 5.26 Å². The second-order valence-electron chi connectivity index (χ2n) is 5.68.